The largest absolute Gasteiger partial charge is 0.416 e. The Morgan fingerprint density at radius 3 is 2.23 bits per heavy atom. The zero-order valence-electron chi connectivity index (χ0n) is 11.5. The molecule has 0 saturated carbocycles. The van der Waals surface area contributed by atoms with E-state index in [0.29, 0.717) is 5.56 Å². The Morgan fingerprint density at radius 2 is 1.64 bits per heavy atom. The molecule has 0 fully saturated rings. The average molecular weight is 313 g/mol. The molecule has 0 aliphatic rings. The standard InChI is InChI=1S/C16H15F4NO/c17-12-8-4-7-11(16(18,19)20)14(12)15(21)13(22)9-10-5-2-1-3-6-10/h1-8,13,15,22H,9,21H2/t13-,15-/m1/s1. The fourth-order valence-corrected chi connectivity index (χ4v) is 2.30. The Kier molecular flexibility index (Phi) is 4.83. The van der Waals surface area contributed by atoms with Gasteiger partial charge in [0, 0.05) is 12.0 Å². The van der Waals surface area contributed by atoms with E-state index in [2.05, 4.69) is 0 Å². The van der Waals surface area contributed by atoms with Crippen molar-refractivity contribution >= 4 is 0 Å². The molecule has 0 amide bonds. The predicted molar refractivity (Wildman–Crippen MR) is 74.5 cm³/mol. The van der Waals surface area contributed by atoms with E-state index in [-0.39, 0.29) is 6.42 Å². The van der Waals surface area contributed by atoms with Gasteiger partial charge in [-0.25, -0.2) is 4.39 Å². The number of rotatable bonds is 4. The maximum Gasteiger partial charge on any atom is 0.416 e. The van der Waals surface area contributed by atoms with Gasteiger partial charge >= 0.3 is 6.18 Å². The normalized spacial score (nSPS) is 14.6. The smallest absolute Gasteiger partial charge is 0.391 e. The summed E-state index contributed by atoms with van der Waals surface area (Å²) in [6, 6.07) is 9.82. The van der Waals surface area contributed by atoms with Gasteiger partial charge in [-0.05, 0) is 17.7 Å². The second kappa shape index (κ2) is 6.46. The summed E-state index contributed by atoms with van der Waals surface area (Å²) in [7, 11) is 0. The fraction of sp³-hybridized carbons (Fsp3) is 0.250. The third kappa shape index (κ3) is 3.64. The summed E-state index contributed by atoms with van der Waals surface area (Å²) >= 11 is 0. The van der Waals surface area contributed by atoms with Crippen molar-refractivity contribution in [3.63, 3.8) is 0 Å². The molecule has 0 bridgehead atoms. The van der Waals surface area contributed by atoms with Gasteiger partial charge in [-0.15, -0.1) is 0 Å². The van der Waals surface area contributed by atoms with E-state index in [4.69, 9.17) is 5.73 Å². The first-order chi connectivity index (χ1) is 10.3. The van der Waals surface area contributed by atoms with Gasteiger partial charge in [0.2, 0.25) is 0 Å². The highest BCUT2D eigenvalue weighted by molar-refractivity contribution is 5.34. The number of alkyl halides is 3. The van der Waals surface area contributed by atoms with Crippen molar-refractivity contribution in [1.29, 1.82) is 0 Å². The highest BCUT2D eigenvalue weighted by Crippen LogP contribution is 2.36. The first-order valence-corrected chi connectivity index (χ1v) is 6.64. The van der Waals surface area contributed by atoms with Crippen LogP contribution in [0.2, 0.25) is 0 Å². The number of benzene rings is 2. The van der Waals surface area contributed by atoms with Crippen LogP contribution in [0.25, 0.3) is 0 Å². The lowest BCUT2D eigenvalue weighted by Gasteiger charge is -2.23. The minimum absolute atomic E-state index is 0.0354. The van der Waals surface area contributed by atoms with Crippen LogP contribution in [0.5, 0.6) is 0 Å². The zero-order chi connectivity index (χ0) is 16.3. The van der Waals surface area contributed by atoms with E-state index in [9.17, 15) is 22.7 Å². The SMILES string of the molecule is N[C@@H](c1c(F)cccc1C(F)(F)F)[C@H](O)Cc1ccccc1. The monoisotopic (exact) mass is 313 g/mol. The van der Waals surface area contributed by atoms with Crippen LogP contribution in [0.3, 0.4) is 0 Å². The van der Waals surface area contributed by atoms with Crippen LogP contribution >= 0.6 is 0 Å². The lowest BCUT2D eigenvalue weighted by atomic mass is 9.92. The van der Waals surface area contributed by atoms with Crippen molar-refractivity contribution in [2.24, 2.45) is 5.73 Å². The third-order valence-electron chi connectivity index (χ3n) is 3.39. The van der Waals surface area contributed by atoms with Crippen LogP contribution in [-0.4, -0.2) is 11.2 Å². The van der Waals surface area contributed by atoms with Crippen molar-refractivity contribution in [3.8, 4) is 0 Å². The molecule has 0 aromatic heterocycles. The summed E-state index contributed by atoms with van der Waals surface area (Å²) in [6.45, 7) is 0. The zero-order valence-corrected chi connectivity index (χ0v) is 11.5. The van der Waals surface area contributed by atoms with Crippen LogP contribution < -0.4 is 5.73 Å². The molecular formula is C16H15F4NO. The molecule has 0 heterocycles. The summed E-state index contributed by atoms with van der Waals surface area (Å²) in [5.74, 6) is -1.07. The molecule has 2 rings (SSSR count). The van der Waals surface area contributed by atoms with Crippen LogP contribution in [0.1, 0.15) is 22.7 Å². The molecule has 22 heavy (non-hydrogen) atoms. The molecule has 0 radical (unpaired) electrons. The summed E-state index contributed by atoms with van der Waals surface area (Å²) < 4.78 is 52.8. The number of hydrogen-bond donors (Lipinski definition) is 2. The van der Waals surface area contributed by atoms with E-state index in [1.807, 2.05) is 0 Å². The topological polar surface area (TPSA) is 46.2 Å². The molecule has 0 unspecified atom stereocenters. The number of nitrogens with two attached hydrogens (primary N) is 1. The fourth-order valence-electron chi connectivity index (χ4n) is 2.30. The second-order valence-electron chi connectivity index (χ2n) is 4.98. The maximum absolute atomic E-state index is 13.8. The summed E-state index contributed by atoms with van der Waals surface area (Å²) in [6.07, 6.45) is -6.03. The van der Waals surface area contributed by atoms with Crippen molar-refractivity contribution in [3.05, 3.63) is 71.0 Å². The van der Waals surface area contributed by atoms with E-state index < -0.39 is 35.3 Å². The molecule has 0 aliphatic carbocycles. The predicted octanol–water partition coefficient (Wildman–Crippen LogP) is 3.45. The van der Waals surface area contributed by atoms with Crippen LogP contribution in [0.15, 0.2) is 48.5 Å². The molecule has 0 spiro atoms. The van der Waals surface area contributed by atoms with E-state index in [1.54, 1.807) is 30.3 Å². The van der Waals surface area contributed by atoms with Gasteiger partial charge in [0.15, 0.2) is 0 Å². The minimum atomic E-state index is -4.73. The quantitative estimate of drug-likeness (QED) is 0.849. The molecule has 2 atom stereocenters. The Hall–Kier alpha value is -1.92. The molecule has 0 aliphatic heterocycles. The van der Waals surface area contributed by atoms with E-state index in [1.165, 1.54) is 0 Å². The van der Waals surface area contributed by atoms with Crippen LogP contribution in [0, 0.1) is 5.82 Å². The van der Waals surface area contributed by atoms with Gasteiger partial charge < -0.3 is 10.8 Å². The van der Waals surface area contributed by atoms with Crippen molar-refractivity contribution in [1.82, 2.24) is 0 Å². The third-order valence-corrected chi connectivity index (χ3v) is 3.39. The molecule has 2 nitrogen and oxygen atoms in total. The Morgan fingerprint density at radius 1 is 1.00 bits per heavy atom. The minimum Gasteiger partial charge on any atom is -0.391 e. The Bertz CT molecular complexity index is 628. The Labute approximate surface area is 125 Å². The number of aliphatic hydroxyl groups is 1. The second-order valence-corrected chi connectivity index (χ2v) is 4.98. The molecule has 118 valence electrons. The van der Waals surface area contributed by atoms with Crippen molar-refractivity contribution < 1.29 is 22.7 Å². The average Bonchev–Trinajstić information content (AvgIpc) is 2.46. The van der Waals surface area contributed by atoms with Gasteiger partial charge in [0.1, 0.15) is 5.82 Å². The van der Waals surface area contributed by atoms with Crippen molar-refractivity contribution in [2.45, 2.75) is 24.7 Å². The van der Waals surface area contributed by atoms with Crippen LogP contribution in [-0.2, 0) is 12.6 Å². The lowest BCUT2D eigenvalue weighted by molar-refractivity contribution is -0.138. The molecule has 0 saturated heterocycles. The van der Waals surface area contributed by atoms with E-state index in [0.717, 1.165) is 18.2 Å². The van der Waals surface area contributed by atoms with Gasteiger partial charge in [-0.3, -0.25) is 0 Å². The highest BCUT2D eigenvalue weighted by atomic mass is 19.4. The Balaban J connectivity index is 2.31. The first-order valence-electron chi connectivity index (χ1n) is 6.64. The molecule has 6 heteroatoms. The highest BCUT2D eigenvalue weighted by Gasteiger charge is 2.37. The van der Waals surface area contributed by atoms with Gasteiger partial charge in [-0.2, -0.15) is 13.2 Å². The van der Waals surface area contributed by atoms with Crippen molar-refractivity contribution in [2.75, 3.05) is 0 Å². The summed E-state index contributed by atoms with van der Waals surface area (Å²) in [5.41, 5.74) is 4.53. The summed E-state index contributed by atoms with van der Waals surface area (Å²) in [5, 5.41) is 10.1. The maximum atomic E-state index is 13.8. The number of hydrogen-bond acceptors (Lipinski definition) is 2. The number of halogens is 4. The molecule has 3 N–H and O–H groups in total. The molecule has 2 aromatic rings. The molecular weight excluding hydrogens is 298 g/mol. The summed E-state index contributed by atoms with van der Waals surface area (Å²) in [4.78, 5) is 0. The van der Waals surface area contributed by atoms with E-state index >= 15 is 0 Å². The number of aliphatic hydroxyl groups excluding tert-OH is 1. The van der Waals surface area contributed by atoms with Gasteiger partial charge in [-0.1, -0.05) is 36.4 Å². The van der Waals surface area contributed by atoms with Crippen LogP contribution in [0.4, 0.5) is 17.6 Å². The first kappa shape index (κ1) is 16.5. The van der Waals surface area contributed by atoms with Gasteiger partial charge in [0.25, 0.3) is 0 Å². The molecule has 2 aromatic carbocycles. The lowest BCUT2D eigenvalue weighted by Crippen LogP contribution is -2.31. The van der Waals surface area contributed by atoms with Gasteiger partial charge in [0.05, 0.1) is 17.7 Å².